The molecule has 0 fully saturated rings. The van der Waals surface area contributed by atoms with Gasteiger partial charge in [-0.15, -0.1) is 45.3 Å². The third kappa shape index (κ3) is 3.58. The molecule has 32 heavy (non-hydrogen) atoms. The molecular formula is C26H24O2S4. The van der Waals surface area contributed by atoms with Crippen LogP contribution in [0.2, 0.25) is 0 Å². The monoisotopic (exact) mass is 496 g/mol. The fourth-order valence-corrected chi connectivity index (χ4v) is 9.54. The summed E-state index contributed by atoms with van der Waals surface area (Å²) in [6.07, 6.45) is 6.80. The van der Waals surface area contributed by atoms with Crippen LogP contribution in [0.25, 0.3) is 49.5 Å². The zero-order valence-corrected chi connectivity index (χ0v) is 21.4. The van der Waals surface area contributed by atoms with Crippen LogP contribution in [-0.2, 0) is 12.8 Å². The summed E-state index contributed by atoms with van der Waals surface area (Å²) in [7, 11) is 0. The lowest BCUT2D eigenvalue weighted by Crippen LogP contribution is -1.78. The number of furan rings is 2. The predicted octanol–water partition coefficient (Wildman–Crippen LogP) is 10.6. The van der Waals surface area contributed by atoms with Crippen molar-refractivity contribution in [3.63, 3.8) is 0 Å². The number of rotatable bonds is 8. The van der Waals surface area contributed by atoms with Crippen LogP contribution in [0.3, 0.4) is 0 Å². The van der Waals surface area contributed by atoms with Crippen LogP contribution in [0.1, 0.15) is 51.1 Å². The van der Waals surface area contributed by atoms with E-state index in [0.717, 1.165) is 35.9 Å². The molecule has 0 aliphatic heterocycles. The first kappa shape index (κ1) is 20.7. The van der Waals surface area contributed by atoms with Gasteiger partial charge in [0.2, 0.25) is 0 Å². The minimum absolute atomic E-state index is 1.01. The SMILES string of the molecule is CCCCc1ccc(-c2cc3c(s2)sc2c4cc(-c5ccc(CCCC)o5)sc4sc32)o1. The highest BCUT2D eigenvalue weighted by molar-refractivity contribution is 7.50. The average molecular weight is 497 g/mol. The van der Waals surface area contributed by atoms with E-state index in [9.17, 15) is 0 Å². The number of unbranched alkanes of at least 4 members (excludes halogenated alkanes) is 2. The minimum atomic E-state index is 1.01. The normalized spacial score (nSPS) is 12.2. The van der Waals surface area contributed by atoms with E-state index in [2.05, 4.69) is 50.2 Å². The zero-order valence-electron chi connectivity index (χ0n) is 18.2. The van der Waals surface area contributed by atoms with E-state index in [1.807, 2.05) is 45.3 Å². The Balaban J connectivity index is 1.33. The Morgan fingerprint density at radius 3 is 1.53 bits per heavy atom. The topological polar surface area (TPSA) is 26.3 Å². The standard InChI is InChI=1S/C26H24O2S4/c1-3-5-7-15-9-11-19(27-15)21-13-17-23-24(31-25(17)29-21)18-14-22(30-26(18)32-23)20-12-10-16(28-20)8-6-4-2/h9-14H,3-8H2,1-2H3. The molecule has 0 radical (unpaired) electrons. The molecule has 164 valence electrons. The van der Waals surface area contributed by atoms with Crippen molar-refractivity contribution >= 4 is 73.5 Å². The molecule has 6 heteroatoms. The van der Waals surface area contributed by atoms with Gasteiger partial charge >= 0.3 is 0 Å². The van der Waals surface area contributed by atoms with Crippen molar-refractivity contribution in [2.75, 3.05) is 0 Å². The largest absolute Gasteiger partial charge is 0.460 e. The fourth-order valence-electron chi connectivity index (χ4n) is 4.08. The summed E-state index contributed by atoms with van der Waals surface area (Å²) in [6, 6.07) is 13.2. The van der Waals surface area contributed by atoms with Crippen LogP contribution in [0, 0.1) is 0 Å². The lowest BCUT2D eigenvalue weighted by molar-refractivity contribution is 0.513. The van der Waals surface area contributed by atoms with Crippen LogP contribution in [0.15, 0.2) is 45.2 Å². The van der Waals surface area contributed by atoms with Gasteiger partial charge in [-0.1, -0.05) is 26.7 Å². The van der Waals surface area contributed by atoms with Gasteiger partial charge in [0.25, 0.3) is 0 Å². The molecule has 0 spiro atoms. The first-order valence-electron chi connectivity index (χ1n) is 11.3. The Kier molecular flexibility index (Phi) is 5.50. The maximum absolute atomic E-state index is 6.13. The van der Waals surface area contributed by atoms with Crippen molar-refractivity contribution in [1.82, 2.24) is 0 Å². The van der Waals surface area contributed by atoms with Gasteiger partial charge in [0, 0.05) is 23.6 Å². The Morgan fingerprint density at radius 2 is 1.09 bits per heavy atom. The first-order chi connectivity index (χ1) is 15.7. The second-order valence-electron chi connectivity index (χ2n) is 8.22. The zero-order chi connectivity index (χ0) is 21.7. The Labute approximate surface area is 203 Å². The Hall–Kier alpha value is -1.86. The van der Waals surface area contributed by atoms with Crippen LogP contribution in [-0.4, -0.2) is 0 Å². The van der Waals surface area contributed by atoms with E-state index < -0.39 is 0 Å². The molecule has 0 atom stereocenters. The molecule has 0 aliphatic carbocycles. The quantitative estimate of drug-likeness (QED) is 0.209. The van der Waals surface area contributed by atoms with Crippen LogP contribution >= 0.6 is 45.3 Å². The fraction of sp³-hybridized carbons (Fsp3) is 0.308. The van der Waals surface area contributed by atoms with Gasteiger partial charge in [-0.05, 0) is 49.2 Å². The molecule has 6 aromatic heterocycles. The van der Waals surface area contributed by atoms with Gasteiger partial charge in [0.05, 0.1) is 27.2 Å². The highest BCUT2D eigenvalue weighted by Crippen LogP contribution is 2.51. The Morgan fingerprint density at radius 1 is 0.625 bits per heavy atom. The van der Waals surface area contributed by atoms with Crippen LogP contribution in [0.5, 0.6) is 0 Å². The lowest BCUT2D eigenvalue weighted by atomic mass is 10.2. The molecule has 0 unspecified atom stereocenters. The molecule has 6 aromatic rings. The second kappa shape index (κ2) is 8.49. The van der Waals surface area contributed by atoms with Gasteiger partial charge in [-0.2, -0.15) is 0 Å². The average Bonchev–Trinajstić information content (AvgIpc) is 3.59. The van der Waals surface area contributed by atoms with Crippen molar-refractivity contribution in [3.05, 3.63) is 47.9 Å². The van der Waals surface area contributed by atoms with Gasteiger partial charge in [0.15, 0.2) is 0 Å². The molecule has 6 rings (SSSR count). The third-order valence-corrected chi connectivity index (χ3v) is 10.9. The third-order valence-electron chi connectivity index (χ3n) is 5.84. The van der Waals surface area contributed by atoms with Crippen molar-refractivity contribution in [2.45, 2.75) is 52.4 Å². The van der Waals surface area contributed by atoms with Gasteiger partial charge in [-0.3, -0.25) is 0 Å². The molecule has 0 aromatic carbocycles. The summed E-state index contributed by atoms with van der Waals surface area (Å²) in [5.41, 5.74) is 0. The number of hydrogen-bond donors (Lipinski definition) is 0. The summed E-state index contributed by atoms with van der Waals surface area (Å²) < 4.78 is 17.9. The summed E-state index contributed by atoms with van der Waals surface area (Å²) in [5.74, 6) is 4.22. The van der Waals surface area contributed by atoms with E-state index in [-0.39, 0.29) is 0 Å². The van der Waals surface area contributed by atoms with Crippen molar-refractivity contribution < 1.29 is 8.83 Å². The molecule has 6 heterocycles. The van der Waals surface area contributed by atoms with Crippen molar-refractivity contribution in [2.24, 2.45) is 0 Å². The molecule has 2 nitrogen and oxygen atoms in total. The minimum Gasteiger partial charge on any atom is -0.460 e. The Bertz CT molecular complexity index is 1400. The molecule has 0 saturated heterocycles. The van der Waals surface area contributed by atoms with Crippen molar-refractivity contribution in [3.8, 4) is 21.3 Å². The molecule has 0 amide bonds. The van der Waals surface area contributed by atoms with E-state index in [4.69, 9.17) is 8.83 Å². The van der Waals surface area contributed by atoms with Crippen molar-refractivity contribution in [1.29, 1.82) is 0 Å². The molecule has 0 aliphatic rings. The van der Waals surface area contributed by atoms with Gasteiger partial charge in [-0.25, -0.2) is 0 Å². The highest BCUT2D eigenvalue weighted by Gasteiger charge is 2.19. The maximum atomic E-state index is 6.13. The second-order valence-corrected chi connectivity index (χ2v) is 12.9. The highest BCUT2D eigenvalue weighted by atomic mass is 32.2. The molecule has 0 saturated carbocycles. The van der Waals surface area contributed by atoms with E-state index >= 15 is 0 Å². The predicted molar refractivity (Wildman–Crippen MR) is 143 cm³/mol. The summed E-state index contributed by atoms with van der Waals surface area (Å²) in [5, 5.41) is 2.76. The summed E-state index contributed by atoms with van der Waals surface area (Å²) >= 11 is 7.56. The summed E-state index contributed by atoms with van der Waals surface area (Å²) in [6.45, 7) is 4.44. The number of fused-ring (bicyclic) bond motifs is 5. The summed E-state index contributed by atoms with van der Waals surface area (Å²) in [4.78, 5) is 2.48. The van der Waals surface area contributed by atoms with E-state index in [1.54, 1.807) is 0 Å². The maximum Gasteiger partial charge on any atom is 0.144 e. The van der Waals surface area contributed by atoms with Gasteiger partial charge in [0.1, 0.15) is 23.0 Å². The van der Waals surface area contributed by atoms with E-state index in [0.29, 0.717) is 0 Å². The van der Waals surface area contributed by atoms with E-state index in [1.165, 1.54) is 63.6 Å². The number of hydrogen-bond acceptors (Lipinski definition) is 6. The van der Waals surface area contributed by atoms with Crippen LogP contribution < -0.4 is 0 Å². The molecule has 0 N–H and O–H groups in total. The first-order valence-corrected chi connectivity index (χ1v) is 14.6. The number of aryl methyl sites for hydroxylation is 2. The molecule has 0 bridgehead atoms. The van der Waals surface area contributed by atoms with Gasteiger partial charge < -0.3 is 8.83 Å². The molecular weight excluding hydrogens is 473 g/mol. The van der Waals surface area contributed by atoms with Crippen LogP contribution in [0.4, 0.5) is 0 Å². The number of thiophene rings is 4. The lowest BCUT2D eigenvalue weighted by Gasteiger charge is -1.94. The smallest absolute Gasteiger partial charge is 0.144 e.